The lowest BCUT2D eigenvalue weighted by Gasteiger charge is -2.33. The van der Waals surface area contributed by atoms with E-state index in [9.17, 15) is 4.79 Å². The fraction of sp³-hybridized carbons (Fsp3) is 0.789. The van der Waals surface area contributed by atoms with Gasteiger partial charge >= 0.3 is 0 Å². The summed E-state index contributed by atoms with van der Waals surface area (Å²) >= 11 is 0. The van der Waals surface area contributed by atoms with Gasteiger partial charge in [0.15, 0.2) is 0 Å². The molecule has 1 aromatic heterocycles. The monoisotopic (exact) mass is 332 g/mol. The minimum Gasteiger partial charge on any atom is -0.348 e. The van der Waals surface area contributed by atoms with E-state index in [4.69, 9.17) is 0 Å². The van der Waals surface area contributed by atoms with Crippen molar-refractivity contribution in [3.8, 4) is 0 Å². The van der Waals surface area contributed by atoms with Gasteiger partial charge in [-0.15, -0.1) is 0 Å². The number of nitrogens with one attached hydrogen (secondary N) is 1. The minimum absolute atomic E-state index is 0.0112. The van der Waals surface area contributed by atoms with E-state index in [1.807, 2.05) is 6.20 Å². The van der Waals surface area contributed by atoms with Crippen LogP contribution in [0.3, 0.4) is 0 Å². The second kappa shape index (κ2) is 6.87. The molecule has 5 nitrogen and oxygen atoms in total. The van der Waals surface area contributed by atoms with Crippen molar-refractivity contribution in [2.24, 2.45) is 0 Å². The SMILES string of the molecule is CC1CCCCN1CC(=O)NC1CCCc2c1cnn2C(C)(C)C. The van der Waals surface area contributed by atoms with Crippen LogP contribution >= 0.6 is 0 Å². The number of aromatic nitrogens is 2. The highest BCUT2D eigenvalue weighted by Gasteiger charge is 2.29. The highest BCUT2D eigenvalue weighted by molar-refractivity contribution is 5.78. The third-order valence-corrected chi connectivity index (χ3v) is 5.44. The Kier molecular flexibility index (Phi) is 5.00. The molecule has 3 rings (SSSR count). The molecule has 1 amide bonds. The van der Waals surface area contributed by atoms with E-state index >= 15 is 0 Å². The molecule has 0 saturated carbocycles. The zero-order valence-electron chi connectivity index (χ0n) is 15.6. The van der Waals surface area contributed by atoms with Crippen LogP contribution in [0.2, 0.25) is 0 Å². The van der Waals surface area contributed by atoms with Crippen molar-refractivity contribution in [2.75, 3.05) is 13.1 Å². The summed E-state index contributed by atoms with van der Waals surface area (Å²) in [5.41, 5.74) is 2.50. The quantitative estimate of drug-likeness (QED) is 0.926. The number of carbonyl (C=O) groups is 1. The van der Waals surface area contributed by atoms with Crippen LogP contribution in [0, 0.1) is 0 Å². The summed E-state index contributed by atoms with van der Waals surface area (Å²) < 4.78 is 2.13. The van der Waals surface area contributed by atoms with E-state index in [0.29, 0.717) is 12.6 Å². The molecule has 0 aromatic carbocycles. The Labute approximate surface area is 145 Å². The zero-order valence-corrected chi connectivity index (χ0v) is 15.6. The van der Waals surface area contributed by atoms with Crippen molar-refractivity contribution in [1.29, 1.82) is 0 Å². The Morgan fingerprint density at radius 1 is 1.29 bits per heavy atom. The minimum atomic E-state index is -0.0112. The topological polar surface area (TPSA) is 50.2 Å². The molecule has 0 bridgehead atoms. The molecular formula is C19H32N4O. The second-order valence-electron chi connectivity index (χ2n) is 8.46. The molecular weight excluding hydrogens is 300 g/mol. The zero-order chi connectivity index (χ0) is 17.3. The molecule has 5 heteroatoms. The van der Waals surface area contributed by atoms with Crippen molar-refractivity contribution >= 4 is 5.91 Å². The van der Waals surface area contributed by atoms with Gasteiger partial charge in [0.1, 0.15) is 0 Å². The summed E-state index contributed by atoms with van der Waals surface area (Å²) in [5, 5.41) is 7.88. The highest BCUT2D eigenvalue weighted by atomic mass is 16.2. The Morgan fingerprint density at radius 2 is 2.08 bits per heavy atom. The predicted molar refractivity (Wildman–Crippen MR) is 95.9 cm³/mol. The van der Waals surface area contributed by atoms with E-state index in [0.717, 1.165) is 25.8 Å². The first-order chi connectivity index (χ1) is 11.4. The van der Waals surface area contributed by atoms with Gasteiger partial charge in [-0.05, 0) is 66.3 Å². The van der Waals surface area contributed by atoms with E-state index in [-0.39, 0.29) is 17.5 Å². The molecule has 0 spiro atoms. The van der Waals surface area contributed by atoms with Crippen molar-refractivity contribution in [1.82, 2.24) is 20.0 Å². The first-order valence-corrected chi connectivity index (χ1v) is 9.47. The number of fused-ring (bicyclic) bond motifs is 1. The van der Waals surface area contributed by atoms with Crippen LogP contribution < -0.4 is 5.32 Å². The standard InChI is InChI=1S/C19H32N4O/c1-14-8-5-6-11-22(14)13-18(24)21-16-9-7-10-17-15(16)12-20-23(17)19(2,3)4/h12,14,16H,5-11,13H2,1-4H3,(H,21,24). The third kappa shape index (κ3) is 3.66. The summed E-state index contributed by atoms with van der Waals surface area (Å²) in [4.78, 5) is 14.9. The van der Waals surface area contributed by atoms with Gasteiger partial charge in [-0.25, -0.2) is 0 Å². The molecule has 24 heavy (non-hydrogen) atoms. The lowest BCUT2D eigenvalue weighted by Crippen LogP contribution is -2.45. The van der Waals surface area contributed by atoms with Crippen molar-refractivity contribution in [3.63, 3.8) is 0 Å². The van der Waals surface area contributed by atoms with Gasteiger partial charge in [-0.1, -0.05) is 6.42 Å². The number of hydrogen-bond donors (Lipinski definition) is 1. The highest BCUT2D eigenvalue weighted by Crippen LogP contribution is 2.32. The number of piperidine rings is 1. The second-order valence-corrected chi connectivity index (χ2v) is 8.46. The van der Waals surface area contributed by atoms with Gasteiger partial charge in [-0.3, -0.25) is 14.4 Å². The van der Waals surface area contributed by atoms with Gasteiger partial charge < -0.3 is 5.32 Å². The van der Waals surface area contributed by atoms with E-state index in [2.05, 4.69) is 47.7 Å². The molecule has 2 heterocycles. The molecule has 1 aliphatic carbocycles. The Balaban J connectivity index is 1.67. The van der Waals surface area contributed by atoms with Gasteiger partial charge in [0.05, 0.1) is 24.3 Å². The maximum absolute atomic E-state index is 12.6. The maximum Gasteiger partial charge on any atom is 0.234 e. The van der Waals surface area contributed by atoms with Crippen LogP contribution in [0.4, 0.5) is 0 Å². The van der Waals surface area contributed by atoms with Crippen LogP contribution in [0.15, 0.2) is 6.20 Å². The third-order valence-electron chi connectivity index (χ3n) is 5.44. The molecule has 2 unspecified atom stereocenters. The average molecular weight is 332 g/mol. The normalized spacial score (nSPS) is 25.3. The molecule has 0 radical (unpaired) electrons. The predicted octanol–water partition coefficient (Wildman–Crippen LogP) is 3.01. The summed E-state index contributed by atoms with van der Waals surface area (Å²) in [7, 11) is 0. The lowest BCUT2D eigenvalue weighted by atomic mass is 9.92. The van der Waals surface area contributed by atoms with Gasteiger partial charge in [0.25, 0.3) is 0 Å². The number of hydrogen-bond acceptors (Lipinski definition) is 3. The smallest absolute Gasteiger partial charge is 0.234 e. The number of carbonyl (C=O) groups excluding carboxylic acids is 1. The van der Waals surface area contributed by atoms with E-state index in [1.54, 1.807) is 0 Å². The van der Waals surface area contributed by atoms with E-state index in [1.165, 1.54) is 30.5 Å². The first kappa shape index (κ1) is 17.5. The molecule has 2 atom stereocenters. The average Bonchev–Trinajstić information content (AvgIpc) is 2.95. The van der Waals surface area contributed by atoms with Crippen LogP contribution in [0.5, 0.6) is 0 Å². The number of likely N-dealkylation sites (tertiary alicyclic amines) is 1. The molecule has 1 saturated heterocycles. The van der Waals surface area contributed by atoms with Crippen LogP contribution in [0.1, 0.15) is 77.1 Å². The van der Waals surface area contributed by atoms with Crippen molar-refractivity contribution < 1.29 is 4.79 Å². The fourth-order valence-corrected chi connectivity index (χ4v) is 4.10. The largest absolute Gasteiger partial charge is 0.348 e. The molecule has 1 N–H and O–H groups in total. The number of amides is 1. The molecule has 134 valence electrons. The fourth-order valence-electron chi connectivity index (χ4n) is 4.10. The Hall–Kier alpha value is -1.36. The van der Waals surface area contributed by atoms with Gasteiger partial charge in [0, 0.05) is 17.3 Å². The van der Waals surface area contributed by atoms with Crippen molar-refractivity contribution in [2.45, 2.75) is 83.8 Å². The van der Waals surface area contributed by atoms with E-state index < -0.39 is 0 Å². The van der Waals surface area contributed by atoms with Crippen LogP contribution in [0.25, 0.3) is 0 Å². The number of nitrogens with zero attached hydrogens (tertiary/aromatic N) is 3. The lowest BCUT2D eigenvalue weighted by molar-refractivity contribution is -0.123. The summed E-state index contributed by atoms with van der Waals surface area (Å²) in [6.45, 7) is 10.4. The number of rotatable bonds is 3. The summed E-state index contributed by atoms with van der Waals surface area (Å²) in [5.74, 6) is 0.158. The van der Waals surface area contributed by atoms with Gasteiger partial charge in [0.2, 0.25) is 5.91 Å². The molecule has 1 aromatic rings. The van der Waals surface area contributed by atoms with Crippen molar-refractivity contribution in [3.05, 3.63) is 17.5 Å². The molecule has 1 aliphatic heterocycles. The van der Waals surface area contributed by atoms with Crippen LogP contribution in [-0.2, 0) is 16.8 Å². The Bertz CT molecular complexity index is 587. The molecule has 1 fully saturated rings. The summed E-state index contributed by atoms with van der Waals surface area (Å²) in [6.07, 6.45) is 8.86. The first-order valence-electron chi connectivity index (χ1n) is 9.47. The van der Waals surface area contributed by atoms with Gasteiger partial charge in [-0.2, -0.15) is 5.10 Å². The molecule has 2 aliphatic rings. The van der Waals surface area contributed by atoms with Crippen LogP contribution in [-0.4, -0.2) is 39.7 Å². The summed E-state index contributed by atoms with van der Waals surface area (Å²) in [6, 6.07) is 0.646. The maximum atomic E-state index is 12.6. The Morgan fingerprint density at radius 3 is 2.79 bits per heavy atom.